The molecule has 0 aliphatic carbocycles. The van der Waals surface area contributed by atoms with Gasteiger partial charge in [-0.25, -0.2) is 0 Å². The summed E-state index contributed by atoms with van der Waals surface area (Å²) in [6, 6.07) is 7.69. The topological polar surface area (TPSA) is 0 Å². The van der Waals surface area contributed by atoms with Gasteiger partial charge in [0.2, 0.25) is 0 Å². The molecule has 0 heterocycles. The summed E-state index contributed by atoms with van der Waals surface area (Å²) in [5, 5.41) is 0. The molecular formula is C9H7V-. The van der Waals surface area contributed by atoms with Crippen molar-refractivity contribution in [1.82, 2.24) is 0 Å². The fourth-order valence-corrected chi connectivity index (χ4v) is 0.637. The maximum absolute atomic E-state index is 6.76. The number of hydrogen-bond acceptors (Lipinski definition) is 0. The molecule has 1 aromatic carbocycles. The van der Waals surface area contributed by atoms with Gasteiger partial charge in [0.05, 0.1) is 0 Å². The van der Waals surface area contributed by atoms with Gasteiger partial charge in [0.15, 0.2) is 0 Å². The molecule has 10 heavy (non-hydrogen) atoms. The Morgan fingerprint density at radius 1 is 1.20 bits per heavy atom. The van der Waals surface area contributed by atoms with E-state index in [-0.39, 0.29) is 18.6 Å². The van der Waals surface area contributed by atoms with Crippen molar-refractivity contribution in [1.29, 1.82) is 0 Å². The molecule has 1 aromatic rings. The third kappa shape index (κ3) is 2.31. The Labute approximate surface area is 73.5 Å². The Bertz CT molecular complexity index is 228. The van der Waals surface area contributed by atoms with E-state index in [1.807, 2.05) is 31.2 Å². The van der Waals surface area contributed by atoms with E-state index < -0.39 is 0 Å². The molecule has 1 heteroatoms. The average molecular weight is 166 g/mol. The van der Waals surface area contributed by atoms with E-state index in [1.165, 1.54) is 5.56 Å². The summed E-state index contributed by atoms with van der Waals surface area (Å²) in [5.74, 6) is 2.30. The first-order valence-corrected chi connectivity index (χ1v) is 2.82. The van der Waals surface area contributed by atoms with Gasteiger partial charge in [0, 0.05) is 18.6 Å². The fourth-order valence-electron chi connectivity index (χ4n) is 0.637. The van der Waals surface area contributed by atoms with E-state index in [4.69, 9.17) is 6.42 Å². The van der Waals surface area contributed by atoms with Crippen LogP contribution in [-0.4, -0.2) is 0 Å². The Kier molecular flexibility index (Phi) is 3.95. The third-order valence-electron chi connectivity index (χ3n) is 1.20. The fraction of sp³-hybridized carbons (Fsp3) is 0.111. The molecule has 0 fully saturated rings. The Hall–Kier alpha value is -0.636. The van der Waals surface area contributed by atoms with E-state index in [0.717, 1.165) is 5.56 Å². The summed E-state index contributed by atoms with van der Waals surface area (Å²) in [6.45, 7) is 2.02. The van der Waals surface area contributed by atoms with Crippen LogP contribution in [0.15, 0.2) is 24.3 Å². The van der Waals surface area contributed by atoms with Crippen molar-refractivity contribution in [2.45, 2.75) is 6.92 Å². The molecule has 0 aliphatic rings. The largest absolute Gasteiger partial charge is 0.366 e. The van der Waals surface area contributed by atoms with Gasteiger partial charge < -0.3 is 6.42 Å². The Balaban J connectivity index is 0.000000810. The van der Waals surface area contributed by atoms with E-state index in [2.05, 4.69) is 5.92 Å². The first kappa shape index (κ1) is 9.36. The van der Waals surface area contributed by atoms with Crippen LogP contribution in [0.5, 0.6) is 0 Å². The van der Waals surface area contributed by atoms with Crippen molar-refractivity contribution < 1.29 is 18.6 Å². The van der Waals surface area contributed by atoms with E-state index >= 15 is 0 Å². The summed E-state index contributed by atoms with van der Waals surface area (Å²) >= 11 is 0. The summed E-state index contributed by atoms with van der Waals surface area (Å²) in [5.41, 5.74) is 2.05. The standard InChI is InChI=1S/C9H7.V/c1-3-9-6-4-8(2)5-7-9;/h4-7H,2H3;/q-1;. The maximum atomic E-state index is 6.76. The van der Waals surface area contributed by atoms with Gasteiger partial charge in [-0.2, -0.15) is 0 Å². The molecule has 49 valence electrons. The van der Waals surface area contributed by atoms with Crippen molar-refractivity contribution in [3.8, 4) is 5.92 Å². The number of hydrogen-bond donors (Lipinski definition) is 0. The van der Waals surface area contributed by atoms with Crippen molar-refractivity contribution in [3.63, 3.8) is 0 Å². The number of benzene rings is 1. The van der Waals surface area contributed by atoms with Gasteiger partial charge in [0.25, 0.3) is 0 Å². The molecule has 0 aromatic heterocycles. The van der Waals surface area contributed by atoms with Crippen LogP contribution in [0, 0.1) is 19.3 Å². The zero-order chi connectivity index (χ0) is 6.69. The SMILES string of the molecule is [C-]#Cc1ccc(C)cc1.[V]. The van der Waals surface area contributed by atoms with E-state index in [1.54, 1.807) is 0 Å². The molecule has 0 unspecified atom stereocenters. The van der Waals surface area contributed by atoms with Gasteiger partial charge in [-0.1, -0.05) is 17.7 Å². The van der Waals surface area contributed by atoms with Crippen LogP contribution in [-0.2, 0) is 18.6 Å². The minimum absolute atomic E-state index is 0. The van der Waals surface area contributed by atoms with Crippen molar-refractivity contribution >= 4 is 0 Å². The molecule has 0 saturated heterocycles. The smallest absolute Gasteiger partial charge is 0 e. The maximum Gasteiger partial charge on any atom is 0 e. The predicted molar refractivity (Wildman–Crippen MR) is 37.4 cm³/mol. The van der Waals surface area contributed by atoms with Crippen LogP contribution in [0.2, 0.25) is 0 Å². The molecule has 0 nitrogen and oxygen atoms in total. The molecule has 0 spiro atoms. The van der Waals surface area contributed by atoms with E-state index in [0.29, 0.717) is 0 Å². The van der Waals surface area contributed by atoms with Crippen molar-refractivity contribution in [2.75, 3.05) is 0 Å². The second kappa shape index (κ2) is 4.22. The van der Waals surface area contributed by atoms with Crippen molar-refractivity contribution in [2.24, 2.45) is 0 Å². The zero-order valence-electron chi connectivity index (χ0n) is 5.76. The number of rotatable bonds is 0. The molecule has 1 radical (unpaired) electrons. The van der Waals surface area contributed by atoms with Crippen molar-refractivity contribution in [3.05, 3.63) is 41.8 Å². The number of aryl methyl sites for hydroxylation is 1. The first-order chi connectivity index (χ1) is 4.33. The van der Waals surface area contributed by atoms with Gasteiger partial charge in [-0.15, -0.1) is 17.7 Å². The van der Waals surface area contributed by atoms with Crippen LogP contribution in [0.1, 0.15) is 11.1 Å². The van der Waals surface area contributed by atoms with Crippen LogP contribution in [0.25, 0.3) is 0 Å². The molecule has 0 N–H and O–H groups in total. The molecule has 0 atom stereocenters. The quantitative estimate of drug-likeness (QED) is 0.408. The average Bonchev–Trinajstić information content (AvgIpc) is 1.90. The zero-order valence-corrected chi connectivity index (χ0v) is 7.15. The van der Waals surface area contributed by atoms with Gasteiger partial charge in [-0.3, -0.25) is 5.92 Å². The molecular weight excluding hydrogens is 159 g/mol. The summed E-state index contributed by atoms with van der Waals surface area (Å²) < 4.78 is 0. The van der Waals surface area contributed by atoms with Crippen LogP contribution >= 0.6 is 0 Å². The minimum Gasteiger partial charge on any atom is -0.366 e. The van der Waals surface area contributed by atoms with Crippen LogP contribution in [0.3, 0.4) is 0 Å². The molecule has 1 rings (SSSR count). The molecule has 0 bridgehead atoms. The minimum atomic E-state index is 0. The van der Waals surface area contributed by atoms with Gasteiger partial charge >= 0.3 is 0 Å². The van der Waals surface area contributed by atoms with Gasteiger partial charge in [0.1, 0.15) is 0 Å². The summed E-state index contributed by atoms with van der Waals surface area (Å²) in [4.78, 5) is 0. The normalized spacial score (nSPS) is 7.60. The Morgan fingerprint density at radius 2 is 1.70 bits per heavy atom. The molecule has 0 amide bonds. The monoisotopic (exact) mass is 166 g/mol. The summed E-state index contributed by atoms with van der Waals surface area (Å²) in [7, 11) is 0. The third-order valence-corrected chi connectivity index (χ3v) is 1.20. The first-order valence-electron chi connectivity index (χ1n) is 2.82. The van der Waals surface area contributed by atoms with Crippen LogP contribution < -0.4 is 0 Å². The second-order valence-corrected chi connectivity index (χ2v) is 1.99. The Morgan fingerprint density at radius 3 is 2.10 bits per heavy atom. The van der Waals surface area contributed by atoms with E-state index in [9.17, 15) is 0 Å². The molecule has 0 saturated carbocycles. The second-order valence-electron chi connectivity index (χ2n) is 1.99. The van der Waals surface area contributed by atoms with Crippen LogP contribution in [0.4, 0.5) is 0 Å². The summed E-state index contributed by atoms with van der Waals surface area (Å²) in [6.07, 6.45) is 6.76. The predicted octanol–water partition coefficient (Wildman–Crippen LogP) is 1.93. The van der Waals surface area contributed by atoms with Gasteiger partial charge in [-0.05, 0) is 6.92 Å². The molecule has 0 aliphatic heterocycles.